The summed E-state index contributed by atoms with van der Waals surface area (Å²) in [5.41, 5.74) is 2.19. The Labute approximate surface area is 134 Å². The number of rotatable bonds is 5. The number of anilines is 1. The van der Waals surface area contributed by atoms with E-state index in [0.29, 0.717) is 16.5 Å². The molecule has 0 heterocycles. The minimum atomic E-state index is -0.396. The Morgan fingerprint density at radius 1 is 1.27 bits per heavy atom. The minimum absolute atomic E-state index is 0.152. The molecule has 0 bridgehead atoms. The van der Waals surface area contributed by atoms with Gasteiger partial charge in [0.1, 0.15) is 11.6 Å². The summed E-state index contributed by atoms with van der Waals surface area (Å²) in [5.74, 6) is -0.166. The monoisotopic (exact) mass is 321 g/mol. The predicted octanol–water partition coefficient (Wildman–Crippen LogP) is 4.37. The van der Waals surface area contributed by atoms with Gasteiger partial charge in [0, 0.05) is 10.7 Å². The molecule has 0 aliphatic carbocycles. The number of hydrogen-bond donors (Lipinski definition) is 1. The number of nitrogens with one attached hydrogen (secondary N) is 1. The van der Waals surface area contributed by atoms with E-state index in [1.54, 1.807) is 25.1 Å². The highest BCUT2D eigenvalue weighted by Gasteiger charge is 2.08. The molecule has 2 rings (SSSR count). The molecule has 2 aromatic carbocycles. The topological polar surface area (TPSA) is 38.3 Å². The summed E-state index contributed by atoms with van der Waals surface area (Å²) in [4.78, 5) is 11.9. The van der Waals surface area contributed by atoms with Crippen LogP contribution in [0.3, 0.4) is 0 Å². The highest BCUT2D eigenvalue weighted by molar-refractivity contribution is 6.31. The summed E-state index contributed by atoms with van der Waals surface area (Å²) >= 11 is 6.03. The van der Waals surface area contributed by atoms with E-state index in [4.69, 9.17) is 16.3 Å². The molecule has 5 heteroatoms. The summed E-state index contributed by atoms with van der Waals surface area (Å²) in [6.45, 7) is 3.63. The zero-order valence-corrected chi connectivity index (χ0v) is 13.2. The molecule has 0 aliphatic rings. The van der Waals surface area contributed by atoms with Crippen LogP contribution < -0.4 is 10.1 Å². The van der Waals surface area contributed by atoms with Crippen molar-refractivity contribution in [2.45, 2.75) is 20.3 Å². The highest BCUT2D eigenvalue weighted by Crippen LogP contribution is 2.22. The van der Waals surface area contributed by atoms with E-state index in [2.05, 4.69) is 5.32 Å². The van der Waals surface area contributed by atoms with E-state index >= 15 is 0 Å². The third-order valence-corrected chi connectivity index (χ3v) is 3.61. The first-order valence-electron chi connectivity index (χ1n) is 6.97. The van der Waals surface area contributed by atoms with Crippen LogP contribution in [-0.2, 0) is 11.2 Å². The lowest BCUT2D eigenvalue weighted by atomic mass is 10.1. The van der Waals surface area contributed by atoms with Crippen LogP contribution in [0.25, 0.3) is 0 Å². The normalized spacial score (nSPS) is 10.4. The van der Waals surface area contributed by atoms with E-state index in [-0.39, 0.29) is 12.5 Å². The molecule has 0 spiro atoms. The standard InChI is InChI=1S/C17H17ClFNO2/c1-3-12-8-14(6-7-15(12)18)22-10-17(21)20-16-9-13(19)5-4-11(16)2/h4-9H,3,10H2,1-2H3,(H,20,21). The molecule has 0 saturated carbocycles. The third-order valence-electron chi connectivity index (χ3n) is 3.24. The van der Waals surface area contributed by atoms with Gasteiger partial charge in [-0.1, -0.05) is 24.6 Å². The molecule has 0 aromatic heterocycles. The van der Waals surface area contributed by atoms with Crippen molar-refractivity contribution < 1.29 is 13.9 Å². The number of carbonyl (C=O) groups is 1. The first-order valence-corrected chi connectivity index (χ1v) is 7.34. The van der Waals surface area contributed by atoms with Gasteiger partial charge in [0.25, 0.3) is 5.91 Å². The average Bonchev–Trinajstić information content (AvgIpc) is 2.50. The van der Waals surface area contributed by atoms with Gasteiger partial charge in [0.15, 0.2) is 6.61 Å². The number of halogens is 2. The molecule has 3 nitrogen and oxygen atoms in total. The predicted molar refractivity (Wildman–Crippen MR) is 86.1 cm³/mol. The second-order valence-electron chi connectivity index (χ2n) is 4.90. The number of ether oxygens (including phenoxy) is 1. The molecular formula is C17H17ClFNO2. The van der Waals surface area contributed by atoms with E-state index in [1.165, 1.54) is 12.1 Å². The van der Waals surface area contributed by atoms with Gasteiger partial charge in [-0.3, -0.25) is 4.79 Å². The number of hydrogen-bond acceptors (Lipinski definition) is 2. The molecular weight excluding hydrogens is 305 g/mol. The maximum absolute atomic E-state index is 13.2. The van der Waals surface area contributed by atoms with Crippen molar-refractivity contribution in [1.29, 1.82) is 0 Å². The fraction of sp³-hybridized carbons (Fsp3) is 0.235. The van der Waals surface area contributed by atoms with Crippen LogP contribution in [0.5, 0.6) is 5.75 Å². The number of benzene rings is 2. The lowest BCUT2D eigenvalue weighted by Crippen LogP contribution is -2.20. The molecule has 0 radical (unpaired) electrons. The van der Waals surface area contributed by atoms with Crippen LogP contribution in [0.2, 0.25) is 5.02 Å². The van der Waals surface area contributed by atoms with Crippen LogP contribution in [0.15, 0.2) is 36.4 Å². The van der Waals surface area contributed by atoms with Crippen molar-refractivity contribution in [3.63, 3.8) is 0 Å². The lowest BCUT2D eigenvalue weighted by Gasteiger charge is -2.11. The van der Waals surface area contributed by atoms with Crippen LogP contribution in [0, 0.1) is 12.7 Å². The Hall–Kier alpha value is -2.07. The number of carbonyl (C=O) groups excluding carboxylic acids is 1. The van der Waals surface area contributed by atoms with Crippen molar-refractivity contribution in [3.8, 4) is 5.75 Å². The maximum Gasteiger partial charge on any atom is 0.262 e. The van der Waals surface area contributed by atoms with E-state index in [9.17, 15) is 9.18 Å². The van der Waals surface area contributed by atoms with Gasteiger partial charge >= 0.3 is 0 Å². The molecule has 1 N–H and O–H groups in total. The Morgan fingerprint density at radius 3 is 2.77 bits per heavy atom. The van der Waals surface area contributed by atoms with Crippen molar-refractivity contribution in [1.82, 2.24) is 0 Å². The van der Waals surface area contributed by atoms with Crippen LogP contribution in [0.4, 0.5) is 10.1 Å². The van der Waals surface area contributed by atoms with Crippen LogP contribution >= 0.6 is 11.6 Å². The van der Waals surface area contributed by atoms with E-state index in [0.717, 1.165) is 17.5 Å². The van der Waals surface area contributed by atoms with Crippen molar-refractivity contribution in [2.75, 3.05) is 11.9 Å². The van der Waals surface area contributed by atoms with Crippen LogP contribution in [-0.4, -0.2) is 12.5 Å². The summed E-state index contributed by atoms with van der Waals surface area (Å²) in [7, 11) is 0. The second-order valence-corrected chi connectivity index (χ2v) is 5.31. The van der Waals surface area contributed by atoms with Crippen molar-refractivity contribution in [3.05, 3.63) is 58.4 Å². The van der Waals surface area contributed by atoms with Crippen molar-refractivity contribution >= 4 is 23.2 Å². The Morgan fingerprint density at radius 2 is 2.05 bits per heavy atom. The average molecular weight is 322 g/mol. The van der Waals surface area contributed by atoms with E-state index < -0.39 is 5.82 Å². The van der Waals surface area contributed by atoms with Gasteiger partial charge < -0.3 is 10.1 Å². The Bertz CT molecular complexity index is 688. The molecule has 2 aromatic rings. The quantitative estimate of drug-likeness (QED) is 0.888. The summed E-state index contributed by atoms with van der Waals surface area (Å²) in [6, 6.07) is 9.50. The minimum Gasteiger partial charge on any atom is -0.484 e. The SMILES string of the molecule is CCc1cc(OCC(=O)Nc2cc(F)ccc2C)ccc1Cl. The zero-order valence-electron chi connectivity index (χ0n) is 12.5. The summed E-state index contributed by atoms with van der Waals surface area (Å²) in [6.07, 6.45) is 0.782. The highest BCUT2D eigenvalue weighted by atomic mass is 35.5. The first kappa shape index (κ1) is 16.3. The van der Waals surface area contributed by atoms with Gasteiger partial charge in [0.2, 0.25) is 0 Å². The summed E-state index contributed by atoms with van der Waals surface area (Å²) < 4.78 is 18.6. The molecule has 22 heavy (non-hydrogen) atoms. The molecule has 0 fully saturated rings. The van der Waals surface area contributed by atoms with Gasteiger partial charge in [-0.2, -0.15) is 0 Å². The maximum atomic E-state index is 13.2. The molecule has 0 aliphatic heterocycles. The Kier molecular flexibility index (Phi) is 5.39. The molecule has 0 saturated heterocycles. The van der Waals surface area contributed by atoms with Gasteiger partial charge in [-0.05, 0) is 54.8 Å². The third kappa shape index (κ3) is 4.21. The van der Waals surface area contributed by atoms with E-state index in [1.807, 2.05) is 13.0 Å². The number of aryl methyl sites for hydroxylation is 2. The van der Waals surface area contributed by atoms with Gasteiger partial charge in [0.05, 0.1) is 0 Å². The molecule has 1 amide bonds. The van der Waals surface area contributed by atoms with Gasteiger partial charge in [-0.25, -0.2) is 4.39 Å². The molecule has 0 atom stereocenters. The van der Waals surface area contributed by atoms with Gasteiger partial charge in [-0.15, -0.1) is 0 Å². The first-order chi connectivity index (χ1) is 10.5. The fourth-order valence-corrected chi connectivity index (χ4v) is 2.23. The smallest absolute Gasteiger partial charge is 0.262 e. The summed E-state index contributed by atoms with van der Waals surface area (Å²) in [5, 5.41) is 3.31. The molecule has 116 valence electrons. The zero-order chi connectivity index (χ0) is 16.1. The second kappa shape index (κ2) is 7.27. The largest absolute Gasteiger partial charge is 0.484 e. The molecule has 0 unspecified atom stereocenters. The lowest BCUT2D eigenvalue weighted by molar-refractivity contribution is -0.118. The van der Waals surface area contributed by atoms with Crippen LogP contribution in [0.1, 0.15) is 18.1 Å². The number of amides is 1. The Balaban J connectivity index is 1.97. The fourth-order valence-electron chi connectivity index (χ4n) is 1.98. The van der Waals surface area contributed by atoms with Crippen molar-refractivity contribution in [2.24, 2.45) is 0 Å².